The topological polar surface area (TPSA) is 87.7 Å². The minimum atomic E-state index is -1.02. The minimum Gasteiger partial charge on any atom is -0.480 e. The zero-order valence-electron chi connectivity index (χ0n) is 8.94. The van der Waals surface area contributed by atoms with Crippen LogP contribution in [0, 0.1) is 12.3 Å². The number of amides is 1. The van der Waals surface area contributed by atoms with Crippen molar-refractivity contribution in [3.8, 4) is 12.3 Å². The highest BCUT2D eigenvalue weighted by Crippen LogP contribution is 2.00. The van der Waals surface area contributed by atoms with Crippen molar-refractivity contribution in [3.05, 3.63) is 0 Å². The van der Waals surface area contributed by atoms with Crippen LogP contribution in [0.25, 0.3) is 0 Å². The molecule has 0 aliphatic rings. The first-order chi connectivity index (χ1) is 7.72. The van der Waals surface area contributed by atoms with Crippen LogP contribution in [0.15, 0.2) is 0 Å². The monoisotopic (exact) mass is 228 g/mol. The van der Waals surface area contributed by atoms with Crippen molar-refractivity contribution in [1.29, 1.82) is 0 Å². The van der Waals surface area contributed by atoms with Gasteiger partial charge in [0.1, 0.15) is 12.6 Å². The van der Waals surface area contributed by atoms with Crippen molar-refractivity contribution in [3.63, 3.8) is 0 Å². The number of terminal acetylenes is 1. The Morgan fingerprint density at radius 3 is 2.88 bits per heavy atom. The van der Waals surface area contributed by atoms with Crippen molar-refractivity contribution in [2.24, 2.45) is 0 Å². The van der Waals surface area contributed by atoms with Gasteiger partial charge >= 0.3 is 5.97 Å². The summed E-state index contributed by atoms with van der Waals surface area (Å²) in [7, 11) is 0. The standard InChI is InChI=1S/C10H16N2O4/c1-2-7-16-12-6-4-3-5-9(10(14)15)11-8-13/h1,8-9,12H,3-7H2,(H,11,13)(H,14,15)/t9-/m0/s1. The molecule has 0 aromatic carbocycles. The fourth-order valence-corrected chi connectivity index (χ4v) is 1.07. The van der Waals surface area contributed by atoms with Crippen LogP contribution in [0.2, 0.25) is 0 Å². The van der Waals surface area contributed by atoms with E-state index in [-0.39, 0.29) is 6.61 Å². The third kappa shape index (κ3) is 7.79. The Kier molecular flexibility index (Phi) is 8.97. The van der Waals surface area contributed by atoms with Crippen molar-refractivity contribution >= 4 is 12.4 Å². The number of hydrogen-bond donors (Lipinski definition) is 3. The summed E-state index contributed by atoms with van der Waals surface area (Å²) < 4.78 is 0. The fourth-order valence-electron chi connectivity index (χ4n) is 1.07. The summed E-state index contributed by atoms with van der Waals surface area (Å²) in [6.07, 6.45) is 7.16. The van der Waals surface area contributed by atoms with Gasteiger partial charge in [-0.1, -0.05) is 5.92 Å². The van der Waals surface area contributed by atoms with Gasteiger partial charge in [0.05, 0.1) is 0 Å². The maximum Gasteiger partial charge on any atom is 0.326 e. The fraction of sp³-hybridized carbons (Fsp3) is 0.600. The lowest BCUT2D eigenvalue weighted by molar-refractivity contribution is -0.140. The molecule has 6 nitrogen and oxygen atoms in total. The second-order valence-electron chi connectivity index (χ2n) is 3.06. The van der Waals surface area contributed by atoms with Crippen LogP contribution in [0.5, 0.6) is 0 Å². The average Bonchev–Trinajstić information content (AvgIpc) is 2.26. The van der Waals surface area contributed by atoms with E-state index in [1.54, 1.807) is 0 Å². The van der Waals surface area contributed by atoms with E-state index in [1.807, 2.05) is 0 Å². The number of carboxylic acid groups (broad SMARTS) is 1. The van der Waals surface area contributed by atoms with Gasteiger partial charge in [-0.2, -0.15) is 0 Å². The van der Waals surface area contributed by atoms with Crippen LogP contribution < -0.4 is 10.8 Å². The van der Waals surface area contributed by atoms with Gasteiger partial charge < -0.3 is 10.4 Å². The maximum atomic E-state index is 10.6. The number of unbranched alkanes of at least 4 members (excludes halogenated alkanes) is 1. The Morgan fingerprint density at radius 2 is 2.31 bits per heavy atom. The SMILES string of the molecule is C#CCONCCCC[C@H](NC=O)C(=O)O. The number of carbonyl (C=O) groups is 2. The molecule has 0 aromatic rings. The van der Waals surface area contributed by atoms with Gasteiger partial charge in [-0.25, -0.2) is 10.3 Å². The molecule has 0 rings (SSSR count). The number of aliphatic carboxylic acids is 1. The molecule has 0 unspecified atom stereocenters. The van der Waals surface area contributed by atoms with Crippen molar-refractivity contribution in [2.75, 3.05) is 13.2 Å². The van der Waals surface area contributed by atoms with E-state index in [0.717, 1.165) is 6.42 Å². The lowest BCUT2D eigenvalue weighted by atomic mass is 10.1. The van der Waals surface area contributed by atoms with Crippen molar-refractivity contribution in [2.45, 2.75) is 25.3 Å². The first-order valence-electron chi connectivity index (χ1n) is 4.93. The number of nitrogens with one attached hydrogen (secondary N) is 2. The number of hydroxylamine groups is 1. The van der Waals surface area contributed by atoms with Crippen LogP contribution in [0.1, 0.15) is 19.3 Å². The molecule has 90 valence electrons. The molecule has 0 fully saturated rings. The lowest BCUT2D eigenvalue weighted by Gasteiger charge is -2.10. The van der Waals surface area contributed by atoms with Crippen molar-refractivity contribution in [1.82, 2.24) is 10.8 Å². The summed E-state index contributed by atoms with van der Waals surface area (Å²) in [5.41, 5.74) is 2.64. The summed E-state index contributed by atoms with van der Waals surface area (Å²) in [5.74, 6) is 1.27. The molecule has 0 aromatic heterocycles. The van der Waals surface area contributed by atoms with Gasteiger partial charge in [0.2, 0.25) is 6.41 Å². The molecule has 0 radical (unpaired) electrons. The smallest absolute Gasteiger partial charge is 0.326 e. The van der Waals surface area contributed by atoms with Crippen LogP contribution in [0.3, 0.4) is 0 Å². The average molecular weight is 228 g/mol. The summed E-state index contributed by atoms with van der Waals surface area (Å²) in [6, 6.07) is -0.816. The first kappa shape index (κ1) is 14.4. The van der Waals surface area contributed by atoms with E-state index in [0.29, 0.717) is 25.8 Å². The predicted molar refractivity (Wildman–Crippen MR) is 57.3 cm³/mol. The van der Waals surface area contributed by atoms with E-state index in [4.69, 9.17) is 16.4 Å². The Hall–Kier alpha value is -1.58. The molecule has 0 saturated heterocycles. The zero-order valence-corrected chi connectivity index (χ0v) is 8.94. The summed E-state index contributed by atoms with van der Waals surface area (Å²) in [4.78, 5) is 25.5. The molecule has 16 heavy (non-hydrogen) atoms. The van der Waals surface area contributed by atoms with Gasteiger partial charge in [-0.05, 0) is 19.3 Å². The van der Waals surface area contributed by atoms with E-state index >= 15 is 0 Å². The summed E-state index contributed by atoms with van der Waals surface area (Å²) in [6.45, 7) is 0.791. The Balaban J connectivity index is 3.44. The normalized spacial score (nSPS) is 11.4. The number of rotatable bonds is 10. The van der Waals surface area contributed by atoms with Gasteiger partial charge in [0, 0.05) is 6.54 Å². The quantitative estimate of drug-likeness (QED) is 0.203. The van der Waals surface area contributed by atoms with Gasteiger partial charge in [-0.3, -0.25) is 9.63 Å². The van der Waals surface area contributed by atoms with Crippen LogP contribution in [-0.4, -0.2) is 36.7 Å². The Labute approximate surface area is 94.3 Å². The molecule has 0 heterocycles. The molecule has 0 bridgehead atoms. The molecule has 0 saturated carbocycles. The second-order valence-corrected chi connectivity index (χ2v) is 3.06. The van der Waals surface area contributed by atoms with Gasteiger partial charge in [-0.15, -0.1) is 6.42 Å². The third-order valence-corrected chi connectivity index (χ3v) is 1.85. The maximum absolute atomic E-state index is 10.6. The number of hydrogen-bond acceptors (Lipinski definition) is 4. The van der Waals surface area contributed by atoms with E-state index in [2.05, 4.69) is 16.7 Å². The van der Waals surface area contributed by atoms with Crippen LogP contribution >= 0.6 is 0 Å². The lowest BCUT2D eigenvalue weighted by Crippen LogP contribution is -2.35. The highest BCUT2D eigenvalue weighted by molar-refractivity contribution is 5.76. The van der Waals surface area contributed by atoms with E-state index in [1.165, 1.54) is 0 Å². The molecule has 1 atom stereocenters. The molecule has 1 amide bonds. The molecular formula is C10H16N2O4. The zero-order chi connectivity index (χ0) is 12.2. The largest absolute Gasteiger partial charge is 0.480 e. The van der Waals surface area contributed by atoms with Gasteiger partial charge in [0.25, 0.3) is 0 Å². The van der Waals surface area contributed by atoms with E-state index in [9.17, 15) is 9.59 Å². The molecule has 0 aliphatic heterocycles. The molecule has 3 N–H and O–H groups in total. The second kappa shape index (κ2) is 9.96. The van der Waals surface area contributed by atoms with E-state index < -0.39 is 12.0 Å². The number of carboxylic acids is 1. The molecule has 6 heteroatoms. The van der Waals surface area contributed by atoms with Crippen LogP contribution in [0.4, 0.5) is 0 Å². The van der Waals surface area contributed by atoms with Crippen LogP contribution in [-0.2, 0) is 14.4 Å². The van der Waals surface area contributed by atoms with Crippen molar-refractivity contribution < 1.29 is 19.5 Å². The molecule has 0 spiro atoms. The molecular weight excluding hydrogens is 212 g/mol. The highest BCUT2D eigenvalue weighted by Gasteiger charge is 2.14. The Bertz CT molecular complexity index is 250. The minimum absolute atomic E-state index is 0.199. The molecule has 0 aliphatic carbocycles. The first-order valence-corrected chi connectivity index (χ1v) is 4.93. The van der Waals surface area contributed by atoms with Gasteiger partial charge in [0.15, 0.2) is 0 Å². The predicted octanol–water partition coefficient (Wildman–Crippen LogP) is -0.490. The third-order valence-electron chi connectivity index (χ3n) is 1.85. The summed E-state index contributed by atoms with van der Waals surface area (Å²) >= 11 is 0. The highest BCUT2D eigenvalue weighted by atomic mass is 16.6. The Morgan fingerprint density at radius 1 is 1.56 bits per heavy atom. The summed E-state index contributed by atoms with van der Waals surface area (Å²) in [5, 5.41) is 10.9. The number of carbonyl (C=O) groups excluding carboxylic acids is 1.